The van der Waals surface area contributed by atoms with Crippen molar-refractivity contribution < 1.29 is 5.11 Å². The van der Waals surface area contributed by atoms with Gasteiger partial charge < -0.3 is 10.4 Å². The Balaban J connectivity index is 2.49. The Kier molecular flexibility index (Phi) is 7.23. The van der Waals surface area contributed by atoms with Gasteiger partial charge in [0.1, 0.15) is 0 Å². The van der Waals surface area contributed by atoms with E-state index in [4.69, 9.17) is 5.11 Å². The fourth-order valence-corrected chi connectivity index (χ4v) is 2.55. The van der Waals surface area contributed by atoms with E-state index in [0.717, 1.165) is 37.6 Å². The maximum Gasteiger partial charge on any atom is 0.182 e. The Morgan fingerprint density at radius 1 is 1.50 bits per heavy atom. The first-order chi connectivity index (χ1) is 8.67. The number of aliphatic hydroxyl groups excluding tert-OH is 1. The van der Waals surface area contributed by atoms with E-state index in [1.54, 1.807) is 11.3 Å². The van der Waals surface area contributed by atoms with Crippen molar-refractivity contribution >= 4 is 16.5 Å². The molecule has 104 valence electrons. The molecule has 5 heteroatoms. The predicted molar refractivity (Wildman–Crippen MR) is 78.1 cm³/mol. The van der Waals surface area contributed by atoms with Crippen LogP contribution in [-0.4, -0.2) is 40.7 Å². The summed E-state index contributed by atoms with van der Waals surface area (Å²) in [6.45, 7) is 9.62. The highest BCUT2D eigenvalue weighted by Gasteiger charge is 2.11. The number of rotatable bonds is 9. The highest BCUT2D eigenvalue weighted by Crippen LogP contribution is 2.20. The third kappa shape index (κ3) is 5.33. The van der Waals surface area contributed by atoms with Crippen LogP contribution in [0.3, 0.4) is 0 Å². The first kappa shape index (κ1) is 15.4. The zero-order valence-corrected chi connectivity index (χ0v) is 12.5. The van der Waals surface area contributed by atoms with Crippen LogP contribution in [0, 0.1) is 0 Å². The molecule has 0 bridgehead atoms. The van der Waals surface area contributed by atoms with Gasteiger partial charge in [-0.25, -0.2) is 4.98 Å². The molecular formula is C13H25N3OS. The van der Waals surface area contributed by atoms with Crippen LogP contribution in [0.15, 0.2) is 6.20 Å². The SMILES string of the molecule is CCCNc1ncc(CN(CCCO)C(C)C)s1. The topological polar surface area (TPSA) is 48.4 Å². The van der Waals surface area contributed by atoms with Crippen molar-refractivity contribution in [3.63, 3.8) is 0 Å². The maximum atomic E-state index is 8.92. The molecule has 1 aromatic heterocycles. The van der Waals surface area contributed by atoms with Crippen LogP contribution in [0.5, 0.6) is 0 Å². The van der Waals surface area contributed by atoms with E-state index in [1.807, 2.05) is 6.20 Å². The van der Waals surface area contributed by atoms with Crippen LogP contribution in [0.25, 0.3) is 0 Å². The van der Waals surface area contributed by atoms with Gasteiger partial charge in [-0.3, -0.25) is 4.90 Å². The molecule has 0 spiro atoms. The Morgan fingerprint density at radius 3 is 2.89 bits per heavy atom. The fraction of sp³-hybridized carbons (Fsp3) is 0.769. The molecule has 0 aliphatic rings. The summed E-state index contributed by atoms with van der Waals surface area (Å²) >= 11 is 1.73. The van der Waals surface area contributed by atoms with E-state index >= 15 is 0 Å². The second-order valence-corrected chi connectivity index (χ2v) is 5.82. The van der Waals surface area contributed by atoms with Crippen LogP contribution in [-0.2, 0) is 6.54 Å². The minimum absolute atomic E-state index is 0.259. The second-order valence-electron chi connectivity index (χ2n) is 4.70. The van der Waals surface area contributed by atoms with Crippen LogP contribution >= 0.6 is 11.3 Å². The van der Waals surface area contributed by atoms with Crippen molar-refractivity contribution in [1.82, 2.24) is 9.88 Å². The van der Waals surface area contributed by atoms with Gasteiger partial charge in [0.2, 0.25) is 0 Å². The normalized spacial score (nSPS) is 11.4. The Morgan fingerprint density at radius 2 is 2.28 bits per heavy atom. The first-order valence-electron chi connectivity index (χ1n) is 6.70. The molecule has 18 heavy (non-hydrogen) atoms. The molecular weight excluding hydrogens is 246 g/mol. The molecule has 0 saturated carbocycles. The summed E-state index contributed by atoms with van der Waals surface area (Å²) in [7, 11) is 0. The van der Waals surface area contributed by atoms with Crippen molar-refractivity contribution in [2.45, 2.75) is 46.2 Å². The first-order valence-corrected chi connectivity index (χ1v) is 7.52. The molecule has 0 fully saturated rings. The molecule has 0 aliphatic heterocycles. The van der Waals surface area contributed by atoms with E-state index in [1.165, 1.54) is 4.88 Å². The van der Waals surface area contributed by atoms with E-state index in [9.17, 15) is 0 Å². The lowest BCUT2D eigenvalue weighted by Gasteiger charge is -2.25. The number of anilines is 1. The largest absolute Gasteiger partial charge is 0.396 e. The Hall–Kier alpha value is -0.650. The molecule has 1 rings (SSSR count). The summed E-state index contributed by atoms with van der Waals surface area (Å²) in [5.74, 6) is 0. The van der Waals surface area contributed by atoms with Crippen LogP contribution in [0.2, 0.25) is 0 Å². The van der Waals surface area contributed by atoms with Crippen molar-refractivity contribution in [3.8, 4) is 0 Å². The number of hydrogen-bond donors (Lipinski definition) is 2. The maximum absolute atomic E-state index is 8.92. The lowest BCUT2D eigenvalue weighted by molar-refractivity contribution is 0.186. The molecule has 0 unspecified atom stereocenters. The minimum atomic E-state index is 0.259. The van der Waals surface area contributed by atoms with Crippen molar-refractivity contribution in [3.05, 3.63) is 11.1 Å². The fourth-order valence-electron chi connectivity index (χ4n) is 1.69. The molecule has 4 nitrogen and oxygen atoms in total. The summed E-state index contributed by atoms with van der Waals surface area (Å²) in [6, 6.07) is 0.491. The van der Waals surface area contributed by atoms with Gasteiger partial charge in [-0.2, -0.15) is 0 Å². The molecule has 0 saturated heterocycles. The average Bonchev–Trinajstić information content (AvgIpc) is 2.79. The van der Waals surface area contributed by atoms with E-state index < -0.39 is 0 Å². The average molecular weight is 271 g/mol. The lowest BCUT2D eigenvalue weighted by Crippen LogP contribution is -2.31. The predicted octanol–water partition coefficient (Wildman–Crippen LogP) is 2.56. The molecule has 0 aromatic carbocycles. The molecule has 0 atom stereocenters. The molecule has 0 radical (unpaired) electrons. The standard InChI is InChI=1S/C13H25N3OS/c1-4-6-14-13-15-9-12(18-13)10-16(11(2)3)7-5-8-17/h9,11,17H,4-8,10H2,1-3H3,(H,14,15). The number of aliphatic hydroxyl groups is 1. The minimum Gasteiger partial charge on any atom is -0.396 e. The summed E-state index contributed by atoms with van der Waals surface area (Å²) in [4.78, 5) is 8.02. The summed E-state index contributed by atoms with van der Waals surface area (Å²) < 4.78 is 0. The number of nitrogens with one attached hydrogen (secondary N) is 1. The van der Waals surface area contributed by atoms with Crippen molar-refractivity contribution in [1.29, 1.82) is 0 Å². The van der Waals surface area contributed by atoms with Crippen LogP contribution in [0.1, 0.15) is 38.5 Å². The van der Waals surface area contributed by atoms with Gasteiger partial charge in [-0.15, -0.1) is 11.3 Å². The van der Waals surface area contributed by atoms with Crippen LogP contribution in [0.4, 0.5) is 5.13 Å². The van der Waals surface area contributed by atoms with Gasteiger partial charge in [0, 0.05) is 43.4 Å². The van der Waals surface area contributed by atoms with E-state index in [2.05, 4.69) is 36.0 Å². The molecule has 0 amide bonds. The molecule has 0 aliphatic carbocycles. The monoisotopic (exact) mass is 271 g/mol. The Labute approximate surface area is 114 Å². The van der Waals surface area contributed by atoms with E-state index in [-0.39, 0.29) is 6.61 Å². The number of thiazole rings is 1. The van der Waals surface area contributed by atoms with Gasteiger partial charge in [0.05, 0.1) is 0 Å². The number of nitrogens with zero attached hydrogens (tertiary/aromatic N) is 2. The highest BCUT2D eigenvalue weighted by molar-refractivity contribution is 7.15. The van der Waals surface area contributed by atoms with E-state index in [0.29, 0.717) is 6.04 Å². The van der Waals surface area contributed by atoms with Gasteiger partial charge in [0.15, 0.2) is 5.13 Å². The molecule has 1 aromatic rings. The summed E-state index contributed by atoms with van der Waals surface area (Å²) in [6.07, 6.45) is 3.90. The second kappa shape index (κ2) is 8.45. The van der Waals surface area contributed by atoms with Gasteiger partial charge in [0.25, 0.3) is 0 Å². The van der Waals surface area contributed by atoms with Crippen molar-refractivity contribution in [2.75, 3.05) is 25.0 Å². The smallest absolute Gasteiger partial charge is 0.182 e. The number of hydrogen-bond acceptors (Lipinski definition) is 5. The molecule has 1 heterocycles. The van der Waals surface area contributed by atoms with Crippen molar-refractivity contribution in [2.24, 2.45) is 0 Å². The zero-order valence-electron chi connectivity index (χ0n) is 11.6. The zero-order chi connectivity index (χ0) is 13.4. The Bertz CT molecular complexity index is 328. The highest BCUT2D eigenvalue weighted by atomic mass is 32.1. The lowest BCUT2D eigenvalue weighted by atomic mass is 10.3. The van der Waals surface area contributed by atoms with Gasteiger partial charge in [-0.05, 0) is 26.7 Å². The third-order valence-electron chi connectivity index (χ3n) is 2.77. The van der Waals surface area contributed by atoms with Gasteiger partial charge in [-0.1, -0.05) is 6.92 Å². The summed E-state index contributed by atoms with van der Waals surface area (Å²) in [5.41, 5.74) is 0. The summed E-state index contributed by atoms with van der Waals surface area (Å²) in [5, 5.41) is 13.2. The number of aromatic nitrogens is 1. The van der Waals surface area contributed by atoms with Gasteiger partial charge >= 0.3 is 0 Å². The third-order valence-corrected chi connectivity index (χ3v) is 3.71. The quantitative estimate of drug-likeness (QED) is 0.725. The molecule has 2 N–H and O–H groups in total. The van der Waals surface area contributed by atoms with Crippen LogP contribution < -0.4 is 5.32 Å².